The molecule has 2 aromatic heterocycles. The van der Waals surface area contributed by atoms with Crippen LogP contribution in [0.15, 0.2) is 53.4 Å². The summed E-state index contributed by atoms with van der Waals surface area (Å²) < 4.78 is 1.74. The van der Waals surface area contributed by atoms with Gasteiger partial charge >= 0.3 is 0 Å². The summed E-state index contributed by atoms with van der Waals surface area (Å²) >= 11 is 1.61. The largest absolute Gasteiger partial charge is 0.390 e. The summed E-state index contributed by atoms with van der Waals surface area (Å²) in [6.07, 6.45) is 7.86. The molecule has 0 atom stereocenters. The van der Waals surface area contributed by atoms with Crippen molar-refractivity contribution in [3.63, 3.8) is 0 Å². The molecule has 140 valence electrons. The van der Waals surface area contributed by atoms with Crippen LogP contribution in [0.25, 0.3) is 16.3 Å². The number of carbonyl (C=O) groups excluding carboxylic acids is 1. The zero-order valence-electron chi connectivity index (χ0n) is 14.9. The number of aromatic nitrogens is 3. The molecule has 28 heavy (non-hydrogen) atoms. The summed E-state index contributed by atoms with van der Waals surface area (Å²) in [5.74, 6) is 0.611. The standard InChI is InChI=1S/C20H17N5O2S/c26-11-13-10-24(12-23-13)18-8-17-15-2-1-3-16(20-21-5-7-28-20)14(15)4-6-25(17)19(27)9-22-18/h1-3,5,7-8,10,12,26H,4,6,9,11H2. The third-order valence-corrected chi connectivity index (χ3v) is 5.80. The molecule has 5 rings (SSSR count). The van der Waals surface area contributed by atoms with Crippen LogP contribution >= 0.6 is 11.3 Å². The Morgan fingerprint density at radius 3 is 2.89 bits per heavy atom. The molecule has 3 aromatic rings. The number of aliphatic hydroxyl groups excluding tert-OH is 1. The number of imidazole rings is 1. The smallest absolute Gasteiger partial charge is 0.248 e. The molecule has 2 aliphatic heterocycles. The van der Waals surface area contributed by atoms with Gasteiger partial charge < -0.3 is 10.0 Å². The van der Waals surface area contributed by atoms with Crippen LogP contribution in [-0.2, 0) is 17.8 Å². The molecular formula is C20H17N5O2S. The molecule has 1 amide bonds. The molecule has 0 saturated heterocycles. The molecule has 0 unspecified atom stereocenters. The highest BCUT2D eigenvalue weighted by Gasteiger charge is 2.29. The molecule has 1 aromatic carbocycles. The van der Waals surface area contributed by atoms with Crippen molar-refractivity contribution >= 4 is 28.8 Å². The van der Waals surface area contributed by atoms with E-state index in [2.05, 4.69) is 21.0 Å². The molecule has 1 N–H and O–H groups in total. The molecule has 0 saturated carbocycles. The van der Waals surface area contributed by atoms with Gasteiger partial charge in [0.1, 0.15) is 23.7 Å². The van der Waals surface area contributed by atoms with Crippen molar-refractivity contribution < 1.29 is 9.90 Å². The van der Waals surface area contributed by atoms with Crippen LogP contribution in [0.1, 0.15) is 16.8 Å². The van der Waals surface area contributed by atoms with Gasteiger partial charge in [0.25, 0.3) is 0 Å². The lowest BCUT2D eigenvalue weighted by atomic mass is 9.92. The van der Waals surface area contributed by atoms with Crippen LogP contribution < -0.4 is 0 Å². The van der Waals surface area contributed by atoms with Crippen LogP contribution in [0.2, 0.25) is 0 Å². The van der Waals surface area contributed by atoms with Crippen LogP contribution in [0.3, 0.4) is 0 Å². The molecule has 0 fully saturated rings. The average Bonchev–Trinajstić information content (AvgIpc) is 3.39. The van der Waals surface area contributed by atoms with Crippen molar-refractivity contribution in [1.29, 1.82) is 0 Å². The first-order valence-electron chi connectivity index (χ1n) is 8.97. The minimum atomic E-state index is -0.137. The first kappa shape index (κ1) is 17.0. The van der Waals surface area contributed by atoms with Crippen molar-refractivity contribution in [1.82, 2.24) is 19.4 Å². The number of carbonyl (C=O) groups is 1. The lowest BCUT2D eigenvalue weighted by Crippen LogP contribution is -2.36. The molecule has 0 bridgehead atoms. The molecule has 7 nitrogen and oxygen atoms in total. The minimum Gasteiger partial charge on any atom is -0.390 e. The lowest BCUT2D eigenvalue weighted by molar-refractivity contribution is -0.126. The Morgan fingerprint density at radius 1 is 1.21 bits per heavy atom. The molecule has 0 aliphatic carbocycles. The molecule has 2 aliphatic rings. The minimum absolute atomic E-state index is 0.0194. The number of nitrogens with zero attached hydrogens (tertiary/aromatic N) is 5. The van der Waals surface area contributed by atoms with Crippen molar-refractivity contribution in [3.05, 3.63) is 65.2 Å². The van der Waals surface area contributed by atoms with Gasteiger partial charge in [-0.05, 0) is 12.0 Å². The summed E-state index contributed by atoms with van der Waals surface area (Å²) in [4.78, 5) is 27.6. The second-order valence-electron chi connectivity index (χ2n) is 6.60. The van der Waals surface area contributed by atoms with E-state index in [0.29, 0.717) is 18.1 Å². The van der Waals surface area contributed by atoms with Gasteiger partial charge in [-0.2, -0.15) is 0 Å². The summed E-state index contributed by atoms with van der Waals surface area (Å²) in [6.45, 7) is 0.570. The number of aliphatic imine (C=N–C) groups is 1. The quantitative estimate of drug-likeness (QED) is 0.726. The second kappa shape index (κ2) is 6.81. The number of hydrogen-bond acceptors (Lipinski definition) is 6. The number of allylic oxidation sites excluding steroid dienone is 1. The predicted molar refractivity (Wildman–Crippen MR) is 107 cm³/mol. The van der Waals surface area contributed by atoms with E-state index in [1.165, 1.54) is 5.56 Å². The van der Waals surface area contributed by atoms with Crippen LogP contribution in [0.4, 0.5) is 0 Å². The maximum absolute atomic E-state index is 12.7. The fourth-order valence-corrected chi connectivity index (χ4v) is 4.38. The average molecular weight is 391 g/mol. The fraction of sp³-hybridized carbons (Fsp3) is 0.200. The number of aliphatic hydroxyl groups is 1. The molecule has 4 heterocycles. The van der Waals surface area contributed by atoms with E-state index in [9.17, 15) is 9.90 Å². The highest BCUT2D eigenvalue weighted by atomic mass is 32.1. The SMILES string of the molecule is O=C1CN=C(n2cnc(CO)c2)C=C2c3cccc(-c4nccs4)c3CCN12. The van der Waals surface area contributed by atoms with E-state index in [4.69, 9.17) is 0 Å². The summed E-state index contributed by atoms with van der Waals surface area (Å²) in [5, 5.41) is 12.2. The molecule has 0 radical (unpaired) electrons. The fourth-order valence-electron chi connectivity index (χ4n) is 3.69. The van der Waals surface area contributed by atoms with E-state index in [1.54, 1.807) is 28.4 Å². The van der Waals surface area contributed by atoms with Gasteiger partial charge in [-0.25, -0.2) is 9.97 Å². The summed E-state index contributed by atoms with van der Waals surface area (Å²) in [6, 6.07) is 6.14. The van der Waals surface area contributed by atoms with Crippen LogP contribution in [-0.4, -0.2) is 49.4 Å². The van der Waals surface area contributed by atoms with Crippen molar-refractivity contribution in [2.45, 2.75) is 13.0 Å². The topological polar surface area (TPSA) is 83.6 Å². The lowest BCUT2D eigenvalue weighted by Gasteiger charge is -2.31. The maximum atomic E-state index is 12.7. The first-order valence-corrected chi connectivity index (χ1v) is 9.85. The number of rotatable bonds is 2. The Hall–Kier alpha value is -3.10. The van der Waals surface area contributed by atoms with Crippen LogP contribution in [0.5, 0.6) is 0 Å². The van der Waals surface area contributed by atoms with Crippen LogP contribution in [0, 0.1) is 0 Å². The zero-order chi connectivity index (χ0) is 19.1. The van der Waals surface area contributed by atoms with Crippen molar-refractivity contribution in [2.24, 2.45) is 4.99 Å². The van der Waals surface area contributed by atoms with E-state index in [0.717, 1.165) is 28.3 Å². The summed E-state index contributed by atoms with van der Waals surface area (Å²) in [5.41, 5.74) is 4.76. The molecule has 0 spiro atoms. The Balaban J connectivity index is 1.65. The number of amides is 1. The Kier molecular flexibility index (Phi) is 4.14. The maximum Gasteiger partial charge on any atom is 0.248 e. The highest BCUT2D eigenvalue weighted by molar-refractivity contribution is 7.13. The van der Waals surface area contributed by atoms with Gasteiger partial charge in [0.15, 0.2) is 0 Å². The molecule has 8 heteroatoms. The van der Waals surface area contributed by atoms with Gasteiger partial charge in [0, 0.05) is 41.5 Å². The van der Waals surface area contributed by atoms with E-state index < -0.39 is 0 Å². The Labute approximate surface area is 165 Å². The van der Waals surface area contributed by atoms with Gasteiger partial charge in [-0.15, -0.1) is 11.3 Å². The predicted octanol–water partition coefficient (Wildman–Crippen LogP) is 2.18. The zero-order valence-corrected chi connectivity index (χ0v) is 15.8. The first-order chi connectivity index (χ1) is 13.7. The number of benzene rings is 1. The van der Waals surface area contributed by atoms with Gasteiger partial charge in [-0.1, -0.05) is 18.2 Å². The second-order valence-corrected chi connectivity index (χ2v) is 7.49. The van der Waals surface area contributed by atoms with E-state index in [1.807, 2.05) is 34.7 Å². The van der Waals surface area contributed by atoms with Crippen molar-refractivity contribution in [3.8, 4) is 10.6 Å². The third kappa shape index (κ3) is 2.78. The summed E-state index contributed by atoms with van der Waals surface area (Å²) in [7, 11) is 0. The highest BCUT2D eigenvalue weighted by Crippen LogP contribution is 2.36. The van der Waals surface area contributed by atoms with Crippen molar-refractivity contribution in [2.75, 3.05) is 13.1 Å². The third-order valence-electron chi connectivity index (χ3n) is 5.00. The van der Waals surface area contributed by atoms with Gasteiger partial charge in [0.05, 0.1) is 18.0 Å². The Morgan fingerprint density at radius 2 is 2.11 bits per heavy atom. The van der Waals surface area contributed by atoms with E-state index in [-0.39, 0.29) is 19.1 Å². The number of fused-ring (bicyclic) bond motifs is 3. The normalized spacial score (nSPS) is 16.2. The van der Waals surface area contributed by atoms with Gasteiger partial charge in [-0.3, -0.25) is 14.4 Å². The van der Waals surface area contributed by atoms with E-state index >= 15 is 0 Å². The molecular weight excluding hydrogens is 374 g/mol. The van der Waals surface area contributed by atoms with Gasteiger partial charge in [0.2, 0.25) is 5.91 Å². The number of thiazole rings is 1. The number of hydrogen-bond donors (Lipinski definition) is 1. The monoisotopic (exact) mass is 391 g/mol. The Bertz CT molecular complexity index is 1110.